The van der Waals surface area contributed by atoms with Crippen LogP contribution in [0.5, 0.6) is 0 Å². The summed E-state index contributed by atoms with van der Waals surface area (Å²) in [6.45, 7) is 4.29. The van der Waals surface area contributed by atoms with Gasteiger partial charge in [0.15, 0.2) is 0 Å². The second-order valence-electron chi connectivity index (χ2n) is 4.22. The van der Waals surface area contributed by atoms with Gasteiger partial charge in [0.25, 0.3) is 0 Å². The van der Waals surface area contributed by atoms with E-state index in [-0.39, 0.29) is 0 Å². The first kappa shape index (κ1) is 11.2. The molecular weight excluding hydrogens is 216 g/mol. The molecule has 16 heavy (non-hydrogen) atoms. The van der Waals surface area contributed by atoms with Gasteiger partial charge in [0.05, 0.1) is 0 Å². The van der Waals surface area contributed by atoms with Crippen LogP contribution in [-0.2, 0) is 6.42 Å². The predicted molar refractivity (Wildman–Crippen MR) is 70.2 cm³/mol. The highest BCUT2D eigenvalue weighted by Gasteiger charge is 1.98. The van der Waals surface area contributed by atoms with E-state index in [1.165, 1.54) is 22.3 Å². The Morgan fingerprint density at radius 3 is 2.06 bits per heavy atom. The molecule has 82 valence electrons. The van der Waals surface area contributed by atoms with E-state index in [2.05, 4.69) is 44.2 Å². The van der Waals surface area contributed by atoms with E-state index < -0.39 is 0 Å². The van der Waals surface area contributed by atoms with Crippen molar-refractivity contribution in [3.8, 4) is 0 Å². The molecule has 0 aliphatic carbocycles. The zero-order valence-corrected chi connectivity index (χ0v) is 10.4. The number of benzene rings is 2. The van der Waals surface area contributed by atoms with Gasteiger partial charge >= 0.3 is 0 Å². The molecule has 0 atom stereocenters. The van der Waals surface area contributed by atoms with Gasteiger partial charge in [-0.3, -0.25) is 0 Å². The van der Waals surface area contributed by atoms with Gasteiger partial charge < -0.3 is 0 Å². The molecule has 2 aromatic rings. The van der Waals surface area contributed by atoms with E-state index in [1.54, 1.807) is 0 Å². The summed E-state index contributed by atoms with van der Waals surface area (Å²) in [4.78, 5) is 0. The third kappa shape index (κ3) is 2.65. The summed E-state index contributed by atoms with van der Waals surface area (Å²) in [6, 6.07) is 14.7. The van der Waals surface area contributed by atoms with Crippen LogP contribution < -0.4 is 0 Å². The topological polar surface area (TPSA) is 0 Å². The molecule has 0 N–H and O–H groups in total. The lowest BCUT2D eigenvalue weighted by Gasteiger charge is -2.05. The normalized spacial score (nSPS) is 10.4. The van der Waals surface area contributed by atoms with Gasteiger partial charge in [0, 0.05) is 5.02 Å². The molecule has 0 fully saturated rings. The minimum absolute atomic E-state index is 0.795. The molecular formula is C15H15Cl. The van der Waals surface area contributed by atoms with Crippen LogP contribution in [0.25, 0.3) is 0 Å². The molecule has 0 saturated heterocycles. The lowest BCUT2D eigenvalue weighted by atomic mass is 10.0. The lowest BCUT2D eigenvalue weighted by Crippen LogP contribution is -1.90. The molecule has 0 amide bonds. The Bertz CT molecular complexity index is 483. The maximum atomic E-state index is 5.86. The molecule has 0 spiro atoms. The fourth-order valence-corrected chi connectivity index (χ4v) is 1.88. The highest BCUT2D eigenvalue weighted by Crippen LogP contribution is 2.16. The van der Waals surface area contributed by atoms with Gasteiger partial charge in [-0.2, -0.15) is 0 Å². The van der Waals surface area contributed by atoms with Crippen LogP contribution >= 0.6 is 11.6 Å². The van der Waals surface area contributed by atoms with Crippen LogP contribution in [-0.4, -0.2) is 0 Å². The van der Waals surface area contributed by atoms with Crippen LogP contribution in [0.1, 0.15) is 22.3 Å². The van der Waals surface area contributed by atoms with E-state index in [9.17, 15) is 0 Å². The van der Waals surface area contributed by atoms with Gasteiger partial charge in [-0.05, 0) is 54.7 Å². The first-order valence-electron chi connectivity index (χ1n) is 5.46. The number of halogens is 1. The number of hydrogen-bond acceptors (Lipinski definition) is 0. The molecule has 0 aliphatic rings. The third-order valence-corrected chi connectivity index (χ3v) is 3.14. The van der Waals surface area contributed by atoms with Gasteiger partial charge in [0.2, 0.25) is 0 Å². The maximum absolute atomic E-state index is 5.86. The van der Waals surface area contributed by atoms with Crippen LogP contribution in [0.3, 0.4) is 0 Å². The quantitative estimate of drug-likeness (QED) is 0.710. The summed E-state index contributed by atoms with van der Waals surface area (Å²) >= 11 is 5.86. The molecule has 0 nitrogen and oxygen atoms in total. The second-order valence-corrected chi connectivity index (χ2v) is 4.66. The smallest absolute Gasteiger partial charge is 0.0406 e. The van der Waals surface area contributed by atoms with Crippen molar-refractivity contribution < 1.29 is 0 Å². The Morgan fingerprint density at radius 2 is 1.44 bits per heavy atom. The fourth-order valence-electron chi connectivity index (χ4n) is 1.75. The van der Waals surface area contributed by atoms with Crippen LogP contribution in [0.4, 0.5) is 0 Å². The maximum Gasteiger partial charge on any atom is 0.0406 e. The van der Waals surface area contributed by atoms with Crippen molar-refractivity contribution >= 4 is 11.6 Å². The molecule has 2 aromatic carbocycles. The van der Waals surface area contributed by atoms with Gasteiger partial charge in [-0.15, -0.1) is 0 Å². The third-order valence-electron chi connectivity index (χ3n) is 2.89. The van der Waals surface area contributed by atoms with E-state index in [0.717, 1.165) is 11.4 Å². The molecule has 0 saturated carbocycles. The van der Waals surface area contributed by atoms with Crippen molar-refractivity contribution in [1.29, 1.82) is 0 Å². The van der Waals surface area contributed by atoms with E-state index in [1.807, 2.05) is 12.1 Å². The highest BCUT2D eigenvalue weighted by molar-refractivity contribution is 6.30. The van der Waals surface area contributed by atoms with Crippen molar-refractivity contribution in [2.45, 2.75) is 20.3 Å². The summed E-state index contributed by atoms with van der Waals surface area (Å²) in [5.41, 5.74) is 5.35. The zero-order chi connectivity index (χ0) is 11.5. The van der Waals surface area contributed by atoms with Gasteiger partial charge in [0.1, 0.15) is 0 Å². The summed E-state index contributed by atoms with van der Waals surface area (Å²) in [5.74, 6) is 0. The lowest BCUT2D eigenvalue weighted by molar-refractivity contribution is 1.17. The molecule has 0 radical (unpaired) electrons. The van der Waals surface area contributed by atoms with E-state index in [0.29, 0.717) is 0 Å². The Morgan fingerprint density at radius 1 is 0.812 bits per heavy atom. The second kappa shape index (κ2) is 4.71. The minimum atomic E-state index is 0.795. The minimum Gasteiger partial charge on any atom is -0.0843 e. The predicted octanol–water partition coefficient (Wildman–Crippen LogP) is 4.55. The SMILES string of the molecule is Cc1ccc(Cc2ccc(Cl)cc2)cc1C. The number of hydrogen-bond donors (Lipinski definition) is 0. The highest BCUT2D eigenvalue weighted by atomic mass is 35.5. The molecule has 0 bridgehead atoms. The summed E-state index contributed by atoms with van der Waals surface area (Å²) in [7, 11) is 0. The molecule has 0 heterocycles. The Hall–Kier alpha value is -1.27. The van der Waals surface area contributed by atoms with E-state index in [4.69, 9.17) is 11.6 Å². The van der Waals surface area contributed by atoms with E-state index >= 15 is 0 Å². The van der Waals surface area contributed by atoms with Crippen molar-refractivity contribution in [3.63, 3.8) is 0 Å². The summed E-state index contributed by atoms with van der Waals surface area (Å²) in [5, 5.41) is 0.795. The van der Waals surface area contributed by atoms with Crippen molar-refractivity contribution in [2.24, 2.45) is 0 Å². The standard InChI is InChI=1S/C15H15Cl/c1-11-3-4-14(9-12(11)2)10-13-5-7-15(16)8-6-13/h3-9H,10H2,1-2H3. The van der Waals surface area contributed by atoms with Crippen LogP contribution in [0, 0.1) is 13.8 Å². The van der Waals surface area contributed by atoms with Gasteiger partial charge in [-0.25, -0.2) is 0 Å². The first-order valence-corrected chi connectivity index (χ1v) is 5.83. The Kier molecular flexibility index (Phi) is 3.31. The Balaban J connectivity index is 2.20. The first-order chi connectivity index (χ1) is 7.65. The zero-order valence-electron chi connectivity index (χ0n) is 9.63. The van der Waals surface area contributed by atoms with Crippen molar-refractivity contribution in [3.05, 3.63) is 69.7 Å². The monoisotopic (exact) mass is 230 g/mol. The molecule has 0 aliphatic heterocycles. The van der Waals surface area contributed by atoms with Crippen LogP contribution in [0.15, 0.2) is 42.5 Å². The van der Waals surface area contributed by atoms with Crippen LogP contribution in [0.2, 0.25) is 5.02 Å². The van der Waals surface area contributed by atoms with Gasteiger partial charge in [-0.1, -0.05) is 41.9 Å². The average Bonchev–Trinajstić information content (AvgIpc) is 2.27. The Labute approximate surface area is 102 Å². The molecule has 0 unspecified atom stereocenters. The summed E-state index contributed by atoms with van der Waals surface area (Å²) in [6.07, 6.45) is 0.971. The van der Waals surface area contributed by atoms with Crippen molar-refractivity contribution in [1.82, 2.24) is 0 Å². The largest absolute Gasteiger partial charge is 0.0843 e. The van der Waals surface area contributed by atoms with Crippen molar-refractivity contribution in [2.75, 3.05) is 0 Å². The number of aryl methyl sites for hydroxylation is 2. The molecule has 2 rings (SSSR count). The summed E-state index contributed by atoms with van der Waals surface area (Å²) < 4.78 is 0. The molecule has 1 heteroatoms. The number of rotatable bonds is 2. The fraction of sp³-hybridized carbons (Fsp3) is 0.200. The average molecular weight is 231 g/mol. The molecule has 0 aromatic heterocycles.